The first-order valence-electron chi connectivity index (χ1n) is 5.78. The van der Waals surface area contributed by atoms with Crippen LogP contribution in [0, 0.1) is 4.77 Å². The molecule has 1 unspecified atom stereocenters. The van der Waals surface area contributed by atoms with Gasteiger partial charge < -0.3 is 4.74 Å². The molecular formula is C11H16N4OS2. The molecule has 18 heavy (non-hydrogen) atoms. The Morgan fingerprint density at radius 2 is 2.39 bits per heavy atom. The summed E-state index contributed by atoms with van der Waals surface area (Å²) in [7, 11) is 1.66. The molecule has 0 saturated heterocycles. The summed E-state index contributed by atoms with van der Waals surface area (Å²) >= 11 is 6.86. The maximum absolute atomic E-state index is 5.28. The Balaban J connectivity index is 2.40. The van der Waals surface area contributed by atoms with Crippen molar-refractivity contribution in [3.8, 4) is 10.7 Å². The molecule has 2 rings (SSSR count). The number of hydrogen-bond acceptors (Lipinski definition) is 5. The summed E-state index contributed by atoms with van der Waals surface area (Å²) in [4.78, 5) is 5.32. The summed E-state index contributed by atoms with van der Waals surface area (Å²) < 4.78 is 7.77. The average Bonchev–Trinajstić information content (AvgIpc) is 2.95. The molecule has 2 heterocycles. The van der Waals surface area contributed by atoms with Crippen LogP contribution < -0.4 is 0 Å². The zero-order chi connectivity index (χ0) is 13.1. The van der Waals surface area contributed by atoms with Gasteiger partial charge >= 0.3 is 0 Å². The molecule has 0 amide bonds. The number of aromatic amines is 1. The van der Waals surface area contributed by atoms with Gasteiger partial charge in [0.2, 0.25) is 0 Å². The van der Waals surface area contributed by atoms with Gasteiger partial charge in [-0.15, -0.1) is 11.3 Å². The molecule has 0 aliphatic rings. The Hall–Kier alpha value is -1.05. The van der Waals surface area contributed by atoms with E-state index in [-0.39, 0.29) is 0 Å². The van der Waals surface area contributed by atoms with Gasteiger partial charge in [-0.25, -0.2) is 4.98 Å². The van der Waals surface area contributed by atoms with Crippen LogP contribution >= 0.6 is 23.6 Å². The number of methoxy groups -OCH3 is 1. The third-order valence-corrected chi connectivity index (χ3v) is 4.03. The first-order valence-corrected chi connectivity index (χ1v) is 7.00. The summed E-state index contributed by atoms with van der Waals surface area (Å²) in [5, 5.41) is 8.10. The number of nitrogens with one attached hydrogen (secondary N) is 1. The zero-order valence-corrected chi connectivity index (χ0v) is 12.3. The fraction of sp³-hybridized carbons (Fsp3) is 0.545. The van der Waals surface area contributed by atoms with Crippen LogP contribution in [0.1, 0.15) is 31.3 Å². The molecule has 1 N–H and O–H groups in total. The van der Waals surface area contributed by atoms with Crippen LogP contribution in [0.5, 0.6) is 0 Å². The molecule has 0 bridgehead atoms. The number of nitrogens with zero attached hydrogens (tertiary/aromatic N) is 3. The molecule has 98 valence electrons. The van der Waals surface area contributed by atoms with Gasteiger partial charge in [-0.3, -0.25) is 9.67 Å². The lowest BCUT2D eigenvalue weighted by atomic mass is 10.2. The molecular weight excluding hydrogens is 268 g/mol. The summed E-state index contributed by atoms with van der Waals surface area (Å²) in [6, 6.07) is 0.319. The zero-order valence-electron chi connectivity index (χ0n) is 10.6. The van der Waals surface area contributed by atoms with Gasteiger partial charge in [0.25, 0.3) is 0 Å². The lowest BCUT2D eigenvalue weighted by Crippen LogP contribution is -2.05. The van der Waals surface area contributed by atoms with E-state index in [1.165, 1.54) is 0 Å². The fourth-order valence-electron chi connectivity index (χ4n) is 1.67. The number of thiazole rings is 1. The van der Waals surface area contributed by atoms with E-state index in [4.69, 9.17) is 17.0 Å². The van der Waals surface area contributed by atoms with E-state index in [1.807, 2.05) is 10.8 Å². The van der Waals surface area contributed by atoms with E-state index in [0.29, 0.717) is 17.4 Å². The minimum Gasteiger partial charge on any atom is -0.378 e. The van der Waals surface area contributed by atoms with Crippen LogP contribution in [-0.4, -0.2) is 26.9 Å². The van der Waals surface area contributed by atoms with E-state index >= 15 is 0 Å². The third-order valence-electron chi connectivity index (χ3n) is 2.78. The highest BCUT2D eigenvalue weighted by molar-refractivity contribution is 7.71. The highest BCUT2D eigenvalue weighted by atomic mass is 32.1. The van der Waals surface area contributed by atoms with Crippen LogP contribution in [0.4, 0.5) is 0 Å². The molecule has 2 aromatic heterocycles. The summed E-state index contributed by atoms with van der Waals surface area (Å²) in [5.74, 6) is 0.856. The van der Waals surface area contributed by atoms with E-state index in [0.717, 1.165) is 22.1 Å². The van der Waals surface area contributed by atoms with Crippen molar-refractivity contribution in [3.63, 3.8) is 0 Å². The van der Waals surface area contributed by atoms with E-state index in [1.54, 1.807) is 18.4 Å². The normalized spacial score (nSPS) is 12.8. The van der Waals surface area contributed by atoms with Crippen LogP contribution in [0.3, 0.4) is 0 Å². The van der Waals surface area contributed by atoms with Gasteiger partial charge in [-0.05, 0) is 25.6 Å². The van der Waals surface area contributed by atoms with Crippen molar-refractivity contribution in [1.29, 1.82) is 0 Å². The number of H-pyrrole nitrogens is 1. The quantitative estimate of drug-likeness (QED) is 0.857. The number of aromatic nitrogens is 4. The van der Waals surface area contributed by atoms with Crippen LogP contribution in [0.15, 0.2) is 6.20 Å². The molecule has 1 atom stereocenters. The third kappa shape index (κ3) is 2.52. The Morgan fingerprint density at radius 3 is 3.06 bits per heavy atom. The van der Waals surface area contributed by atoms with E-state index < -0.39 is 0 Å². The number of hydrogen-bond donors (Lipinski definition) is 1. The highest BCUT2D eigenvalue weighted by Gasteiger charge is 2.15. The van der Waals surface area contributed by atoms with Crippen molar-refractivity contribution in [2.45, 2.75) is 32.9 Å². The summed E-state index contributed by atoms with van der Waals surface area (Å²) in [6.07, 6.45) is 2.83. The lowest BCUT2D eigenvalue weighted by Gasteiger charge is -2.11. The van der Waals surface area contributed by atoms with Crippen molar-refractivity contribution < 1.29 is 4.74 Å². The van der Waals surface area contributed by atoms with Crippen LogP contribution in [-0.2, 0) is 11.3 Å². The fourth-order valence-corrected chi connectivity index (χ4v) is 2.86. The van der Waals surface area contributed by atoms with Crippen molar-refractivity contribution >= 4 is 23.6 Å². The second kappa shape index (κ2) is 5.73. The van der Waals surface area contributed by atoms with Gasteiger partial charge in [0.1, 0.15) is 5.01 Å². The molecule has 2 aromatic rings. The van der Waals surface area contributed by atoms with E-state index in [9.17, 15) is 0 Å². The van der Waals surface area contributed by atoms with Crippen molar-refractivity contribution in [2.75, 3.05) is 7.11 Å². The Kier molecular flexibility index (Phi) is 4.26. The largest absolute Gasteiger partial charge is 0.378 e. The molecule has 0 aromatic carbocycles. The standard InChI is InChI=1S/C11H16N4OS2/c1-4-7(2)15-10(13-14-11(15)17)8-5-12-9(18-8)6-16-3/h5,7H,4,6H2,1-3H3,(H,14,17). The first kappa shape index (κ1) is 13.4. The SMILES string of the molecule is CCC(C)n1c(-c2cnc(COC)s2)n[nH]c1=S. The highest BCUT2D eigenvalue weighted by Crippen LogP contribution is 2.27. The molecule has 0 spiro atoms. The predicted octanol–water partition coefficient (Wildman–Crippen LogP) is 3.18. The second-order valence-electron chi connectivity index (χ2n) is 4.03. The maximum atomic E-state index is 5.28. The molecule has 0 radical (unpaired) electrons. The number of rotatable bonds is 5. The molecule has 7 heteroatoms. The molecule has 0 fully saturated rings. The second-order valence-corrected chi connectivity index (χ2v) is 5.53. The Morgan fingerprint density at radius 1 is 1.61 bits per heavy atom. The van der Waals surface area contributed by atoms with Crippen LogP contribution in [0.25, 0.3) is 10.7 Å². The van der Waals surface area contributed by atoms with Gasteiger partial charge in [-0.1, -0.05) is 6.92 Å². The first-order chi connectivity index (χ1) is 8.67. The summed E-state index contributed by atoms with van der Waals surface area (Å²) in [5.41, 5.74) is 0. The number of ether oxygens (including phenoxy) is 1. The molecule has 0 saturated carbocycles. The molecule has 0 aliphatic carbocycles. The molecule has 5 nitrogen and oxygen atoms in total. The monoisotopic (exact) mass is 284 g/mol. The van der Waals surface area contributed by atoms with Crippen LogP contribution in [0.2, 0.25) is 0 Å². The Bertz CT molecular complexity index is 572. The van der Waals surface area contributed by atoms with Gasteiger partial charge in [0, 0.05) is 19.3 Å². The Labute approximate surface area is 115 Å². The summed E-state index contributed by atoms with van der Waals surface area (Å²) in [6.45, 7) is 4.79. The average molecular weight is 284 g/mol. The lowest BCUT2D eigenvalue weighted by molar-refractivity contribution is 0.184. The van der Waals surface area contributed by atoms with Gasteiger partial charge in [0.15, 0.2) is 10.6 Å². The topological polar surface area (TPSA) is 55.7 Å². The van der Waals surface area contributed by atoms with Crippen molar-refractivity contribution in [3.05, 3.63) is 16.0 Å². The van der Waals surface area contributed by atoms with Gasteiger partial charge in [-0.2, -0.15) is 5.10 Å². The van der Waals surface area contributed by atoms with Crippen molar-refractivity contribution in [2.24, 2.45) is 0 Å². The minimum atomic E-state index is 0.319. The smallest absolute Gasteiger partial charge is 0.195 e. The molecule has 0 aliphatic heterocycles. The van der Waals surface area contributed by atoms with Crippen molar-refractivity contribution in [1.82, 2.24) is 19.7 Å². The minimum absolute atomic E-state index is 0.319. The van der Waals surface area contributed by atoms with E-state index in [2.05, 4.69) is 29.0 Å². The predicted molar refractivity (Wildman–Crippen MR) is 74.2 cm³/mol. The maximum Gasteiger partial charge on any atom is 0.195 e. The van der Waals surface area contributed by atoms with Gasteiger partial charge in [0.05, 0.1) is 11.5 Å².